The van der Waals surface area contributed by atoms with E-state index in [9.17, 15) is 19.2 Å². The van der Waals surface area contributed by atoms with Crippen LogP contribution in [-0.4, -0.2) is 41.8 Å². The van der Waals surface area contributed by atoms with E-state index >= 15 is 0 Å². The molecule has 2 aliphatic rings. The average Bonchev–Trinajstić information content (AvgIpc) is 3.10. The van der Waals surface area contributed by atoms with Crippen molar-refractivity contribution in [3.63, 3.8) is 0 Å². The molecule has 0 aliphatic carbocycles. The molecule has 172 valence electrons. The van der Waals surface area contributed by atoms with Crippen LogP contribution in [0.2, 0.25) is 5.02 Å². The second-order valence-electron chi connectivity index (χ2n) is 7.96. The van der Waals surface area contributed by atoms with E-state index in [1.54, 1.807) is 24.3 Å². The van der Waals surface area contributed by atoms with Gasteiger partial charge in [0.15, 0.2) is 0 Å². The summed E-state index contributed by atoms with van der Waals surface area (Å²) in [5.74, 6) is -0.612. The van der Waals surface area contributed by atoms with Gasteiger partial charge in [0.25, 0.3) is 5.91 Å². The number of hydrogen-bond donors (Lipinski definition) is 3. The van der Waals surface area contributed by atoms with Crippen molar-refractivity contribution in [1.29, 1.82) is 0 Å². The highest BCUT2D eigenvalue weighted by Gasteiger charge is 2.40. The quantitative estimate of drug-likeness (QED) is 0.581. The van der Waals surface area contributed by atoms with Gasteiger partial charge < -0.3 is 20.3 Å². The second-order valence-corrected chi connectivity index (χ2v) is 8.36. The fourth-order valence-corrected chi connectivity index (χ4v) is 4.26. The third-order valence-electron chi connectivity index (χ3n) is 5.82. The van der Waals surface area contributed by atoms with Crippen molar-refractivity contribution in [2.45, 2.75) is 38.9 Å². The van der Waals surface area contributed by atoms with Gasteiger partial charge in [-0.25, -0.2) is 4.79 Å². The molecule has 1 saturated heterocycles. The number of imide groups is 1. The molecule has 1 fully saturated rings. The number of fused-ring (bicyclic) bond motifs is 1. The van der Waals surface area contributed by atoms with Crippen LogP contribution in [0.1, 0.15) is 39.9 Å². The van der Waals surface area contributed by atoms with Gasteiger partial charge in [-0.2, -0.15) is 0 Å². The lowest BCUT2D eigenvalue weighted by Crippen LogP contribution is -2.52. The van der Waals surface area contributed by atoms with Gasteiger partial charge in [0.1, 0.15) is 11.8 Å². The van der Waals surface area contributed by atoms with Gasteiger partial charge in [0, 0.05) is 40.4 Å². The molecule has 0 spiro atoms. The molecule has 0 aromatic heterocycles. The van der Waals surface area contributed by atoms with E-state index in [0.29, 0.717) is 33.1 Å². The van der Waals surface area contributed by atoms with E-state index in [0.717, 1.165) is 5.56 Å². The van der Waals surface area contributed by atoms with Gasteiger partial charge in [-0.05, 0) is 37.1 Å². The van der Waals surface area contributed by atoms with Gasteiger partial charge in [0.2, 0.25) is 11.8 Å². The Balaban J connectivity index is 1.47. The molecule has 5 amide bonds. The van der Waals surface area contributed by atoms with E-state index in [1.165, 1.54) is 12.0 Å². The number of aryl methyl sites for hydroxylation is 1. The van der Waals surface area contributed by atoms with Crippen molar-refractivity contribution in [2.75, 3.05) is 12.4 Å². The number of halogens is 1. The Bertz CT molecular complexity index is 1170. The van der Waals surface area contributed by atoms with Gasteiger partial charge in [-0.15, -0.1) is 0 Å². The number of nitrogens with one attached hydrogen (secondary N) is 3. The smallest absolute Gasteiger partial charge is 0.319 e. The first-order valence-corrected chi connectivity index (χ1v) is 10.8. The largest absolute Gasteiger partial charge is 0.496 e. The minimum Gasteiger partial charge on any atom is -0.496 e. The van der Waals surface area contributed by atoms with Gasteiger partial charge in [-0.1, -0.05) is 23.7 Å². The number of ether oxygens (including phenoxy) is 1. The Hall–Kier alpha value is -3.59. The molecule has 9 nitrogen and oxygen atoms in total. The Labute approximate surface area is 195 Å². The first-order valence-electron chi connectivity index (χ1n) is 10.4. The molecule has 2 heterocycles. The molecular formula is C23H23ClN4O5. The number of carbonyl (C=O) groups excluding carboxylic acids is 4. The lowest BCUT2D eigenvalue weighted by Gasteiger charge is -2.29. The lowest BCUT2D eigenvalue weighted by molar-refractivity contribution is -0.136. The summed E-state index contributed by atoms with van der Waals surface area (Å²) in [4.78, 5) is 50.5. The predicted molar refractivity (Wildman–Crippen MR) is 121 cm³/mol. The highest BCUT2D eigenvalue weighted by atomic mass is 35.5. The molecular weight excluding hydrogens is 448 g/mol. The zero-order valence-electron chi connectivity index (χ0n) is 18.2. The number of carbonyl (C=O) groups is 4. The Morgan fingerprint density at radius 2 is 2.03 bits per heavy atom. The third kappa shape index (κ3) is 4.49. The number of benzene rings is 2. The molecule has 10 heteroatoms. The highest BCUT2D eigenvalue weighted by molar-refractivity contribution is 6.31. The van der Waals surface area contributed by atoms with Crippen LogP contribution in [-0.2, 0) is 22.7 Å². The number of hydrogen-bond acceptors (Lipinski definition) is 5. The highest BCUT2D eigenvalue weighted by Crippen LogP contribution is 2.36. The van der Waals surface area contributed by atoms with Crippen molar-refractivity contribution in [3.05, 3.63) is 57.6 Å². The maximum atomic E-state index is 12.9. The van der Waals surface area contributed by atoms with Crippen LogP contribution in [0.25, 0.3) is 0 Å². The predicted octanol–water partition coefficient (Wildman–Crippen LogP) is 2.74. The minimum absolute atomic E-state index is 0.161. The molecule has 0 saturated carbocycles. The summed E-state index contributed by atoms with van der Waals surface area (Å²) in [6, 6.07) is 7.49. The summed E-state index contributed by atoms with van der Waals surface area (Å²) in [5, 5.41) is 8.34. The molecule has 2 aliphatic heterocycles. The molecule has 1 atom stereocenters. The van der Waals surface area contributed by atoms with Crippen LogP contribution in [0, 0.1) is 6.92 Å². The Morgan fingerprint density at radius 1 is 1.24 bits per heavy atom. The molecule has 0 radical (unpaired) electrons. The molecule has 2 aromatic rings. The summed E-state index contributed by atoms with van der Waals surface area (Å²) in [7, 11) is 1.49. The van der Waals surface area contributed by atoms with Crippen molar-refractivity contribution in [1.82, 2.24) is 15.5 Å². The molecule has 33 heavy (non-hydrogen) atoms. The normalized spacial score (nSPS) is 17.5. The standard InChI is InChI=1S/C23H23ClN4O5/c1-12-3-5-14(9-17(12)24)26-23(32)25-10-13-4-6-15-16(20(13)33-2)11-28(22(15)31)18-7-8-19(29)27-21(18)30/h3-6,9,18H,7-8,10-11H2,1-2H3,(H2,25,26,32)(H,27,29,30). The maximum absolute atomic E-state index is 12.9. The summed E-state index contributed by atoms with van der Waals surface area (Å²) < 4.78 is 5.57. The summed E-state index contributed by atoms with van der Waals surface area (Å²) in [6.07, 6.45) is 0.467. The number of anilines is 1. The monoisotopic (exact) mass is 470 g/mol. The van der Waals surface area contributed by atoms with E-state index < -0.39 is 18.0 Å². The Morgan fingerprint density at radius 3 is 2.73 bits per heavy atom. The fraction of sp³-hybridized carbons (Fsp3) is 0.304. The van der Waals surface area contributed by atoms with E-state index in [1.807, 2.05) is 13.0 Å². The first kappa shape index (κ1) is 22.6. The van der Waals surface area contributed by atoms with Crippen LogP contribution in [0.3, 0.4) is 0 Å². The molecule has 3 N–H and O–H groups in total. The molecule has 0 bridgehead atoms. The van der Waals surface area contributed by atoms with Crippen molar-refractivity contribution in [3.8, 4) is 5.75 Å². The lowest BCUT2D eigenvalue weighted by atomic mass is 10.0. The minimum atomic E-state index is -0.707. The number of rotatable bonds is 5. The molecule has 2 aromatic carbocycles. The van der Waals surface area contributed by atoms with Crippen LogP contribution in [0.5, 0.6) is 5.75 Å². The van der Waals surface area contributed by atoms with Crippen LogP contribution < -0.4 is 20.7 Å². The third-order valence-corrected chi connectivity index (χ3v) is 6.23. The SMILES string of the molecule is COc1c(CNC(=O)Nc2ccc(C)c(Cl)c2)ccc2c1CN(C1CCC(=O)NC1=O)C2=O. The van der Waals surface area contributed by atoms with Crippen molar-refractivity contribution >= 4 is 41.0 Å². The van der Waals surface area contributed by atoms with Crippen LogP contribution >= 0.6 is 11.6 Å². The van der Waals surface area contributed by atoms with Gasteiger partial charge in [0.05, 0.1) is 13.7 Å². The molecule has 1 unspecified atom stereocenters. The van der Waals surface area contributed by atoms with Gasteiger partial charge in [-0.3, -0.25) is 19.7 Å². The van der Waals surface area contributed by atoms with E-state index in [4.69, 9.17) is 16.3 Å². The summed E-state index contributed by atoms with van der Waals surface area (Å²) >= 11 is 6.10. The first-order chi connectivity index (χ1) is 15.8. The maximum Gasteiger partial charge on any atom is 0.319 e. The average molecular weight is 471 g/mol. The Kier molecular flexibility index (Phi) is 6.24. The van der Waals surface area contributed by atoms with Crippen molar-refractivity contribution < 1.29 is 23.9 Å². The summed E-state index contributed by atoms with van der Waals surface area (Å²) in [6.45, 7) is 2.22. The second kappa shape index (κ2) is 9.11. The zero-order valence-corrected chi connectivity index (χ0v) is 18.9. The van der Waals surface area contributed by atoms with Crippen molar-refractivity contribution in [2.24, 2.45) is 0 Å². The van der Waals surface area contributed by atoms with Crippen LogP contribution in [0.4, 0.5) is 10.5 Å². The number of amides is 5. The topological polar surface area (TPSA) is 117 Å². The number of urea groups is 1. The number of piperidine rings is 1. The molecule has 4 rings (SSSR count). The van der Waals surface area contributed by atoms with E-state index in [-0.39, 0.29) is 37.7 Å². The zero-order chi connectivity index (χ0) is 23.7. The fourth-order valence-electron chi connectivity index (χ4n) is 4.08. The summed E-state index contributed by atoms with van der Waals surface area (Å²) in [5.41, 5.74) is 3.25. The number of methoxy groups -OCH3 is 1. The van der Waals surface area contributed by atoms with Crippen LogP contribution in [0.15, 0.2) is 30.3 Å². The van der Waals surface area contributed by atoms with E-state index in [2.05, 4.69) is 16.0 Å². The number of nitrogens with zero attached hydrogens (tertiary/aromatic N) is 1. The van der Waals surface area contributed by atoms with Gasteiger partial charge >= 0.3 is 6.03 Å².